The third-order valence-electron chi connectivity index (χ3n) is 5.29. The molecule has 2 fully saturated rings. The minimum atomic E-state index is -3.97. The van der Waals surface area contributed by atoms with E-state index in [2.05, 4.69) is 10.3 Å². The molecule has 2 aliphatic heterocycles. The molecule has 0 saturated carbocycles. The van der Waals surface area contributed by atoms with E-state index >= 15 is 0 Å². The quantitative estimate of drug-likeness (QED) is 0.707. The number of nitrogens with zero attached hydrogens (tertiary/aromatic N) is 5. The fraction of sp³-hybridized carbons (Fsp3) is 0.500. The van der Waals surface area contributed by atoms with Crippen molar-refractivity contribution in [3.8, 4) is 0 Å². The second kappa shape index (κ2) is 8.00. The van der Waals surface area contributed by atoms with Crippen molar-refractivity contribution < 1.29 is 17.6 Å². The van der Waals surface area contributed by atoms with Crippen molar-refractivity contribution in [2.24, 2.45) is 0 Å². The van der Waals surface area contributed by atoms with E-state index < -0.39 is 22.2 Å². The molecule has 2 saturated heterocycles. The van der Waals surface area contributed by atoms with Crippen LogP contribution in [0.2, 0.25) is 5.02 Å². The van der Waals surface area contributed by atoms with Crippen molar-refractivity contribution in [2.75, 3.05) is 19.6 Å². The third-order valence-corrected chi connectivity index (χ3v) is 7.70. The summed E-state index contributed by atoms with van der Waals surface area (Å²) in [6, 6.07) is 5.45. The summed E-state index contributed by atoms with van der Waals surface area (Å²) in [5, 5.41) is 7.96. The normalized spacial score (nSPS) is 23.0. The molecule has 156 valence electrons. The van der Waals surface area contributed by atoms with Crippen LogP contribution in [0.3, 0.4) is 0 Å². The zero-order valence-corrected chi connectivity index (χ0v) is 17.2. The molecule has 11 heteroatoms. The average molecular weight is 442 g/mol. The molecular formula is C18H21ClFN5O3S. The molecule has 1 aromatic carbocycles. The number of benzene rings is 1. The molecule has 0 aliphatic carbocycles. The van der Waals surface area contributed by atoms with Crippen LogP contribution in [0.25, 0.3) is 0 Å². The van der Waals surface area contributed by atoms with Crippen LogP contribution >= 0.6 is 11.6 Å². The fourth-order valence-electron chi connectivity index (χ4n) is 3.86. The van der Waals surface area contributed by atoms with Gasteiger partial charge in [0.15, 0.2) is 5.69 Å². The summed E-state index contributed by atoms with van der Waals surface area (Å²) in [5.41, 5.74) is 0.210. The Morgan fingerprint density at radius 3 is 2.69 bits per heavy atom. The number of halogens is 2. The van der Waals surface area contributed by atoms with Crippen molar-refractivity contribution in [3.63, 3.8) is 0 Å². The van der Waals surface area contributed by atoms with Gasteiger partial charge in [0.25, 0.3) is 5.91 Å². The second-order valence-corrected chi connectivity index (χ2v) is 9.58. The molecule has 0 N–H and O–H groups in total. The van der Waals surface area contributed by atoms with Gasteiger partial charge in [-0.1, -0.05) is 28.9 Å². The molecule has 0 unspecified atom stereocenters. The highest BCUT2D eigenvalue weighted by Crippen LogP contribution is 2.31. The minimum Gasteiger partial charge on any atom is -0.337 e. The predicted octanol–water partition coefficient (Wildman–Crippen LogP) is 1.97. The lowest BCUT2D eigenvalue weighted by Crippen LogP contribution is -2.38. The lowest BCUT2D eigenvalue weighted by Gasteiger charge is -2.24. The van der Waals surface area contributed by atoms with E-state index in [0.717, 1.165) is 17.1 Å². The Morgan fingerprint density at radius 2 is 1.97 bits per heavy atom. The Kier molecular flexibility index (Phi) is 5.58. The van der Waals surface area contributed by atoms with Gasteiger partial charge in [0.05, 0.1) is 17.8 Å². The summed E-state index contributed by atoms with van der Waals surface area (Å²) in [4.78, 5) is 14.1. The maximum absolute atomic E-state index is 14.2. The maximum Gasteiger partial charge on any atom is 0.276 e. The van der Waals surface area contributed by atoms with Crippen molar-refractivity contribution in [2.45, 2.75) is 42.9 Å². The summed E-state index contributed by atoms with van der Waals surface area (Å²) >= 11 is 6.06. The number of aromatic nitrogens is 3. The van der Waals surface area contributed by atoms with E-state index in [1.807, 2.05) is 0 Å². The van der Waals surface area contributed by atoms with Gasteiger partial charge in [0, 0.05) is 25.7 Å². The molecule has 0 spiro atoms. The smallest absolute Gasteiger partial charge is 0.276 e. The Morgan fingerprint density at radius 1 is 1.24 bits per heavy atom. The Bertz CT molecular complexity index is 1010. The largest absolute Gasteiger partial charge is 0.337 e. The number of hydrogen-bond acceptors (Lipinski definition) is 5. The van der Waals surface area contributed by atoms with Crippen LogP contribution in [0.4, 0.5) is 4.39 Å². The summed E-state index contributed by atoms with van der Waals surface area (Å²) in [6.45, 7) is 1.25. The first-order valence-corrected chi connectivity index (χ1v) is 11.3. The van der Waals surface area contributed by atoms with Crippen LogP contribution in [0.1, 0.15) is 29.8 Å². The second-order valence-electron chi connectivity index (χ2n) is 7.32. The topological polar surface area (TPSA) is 88.4 Å². The van der Waals surface area contributed by atoms with Crippen LogP contribution < -0.4 is 0 Å². The van der Waals surface area contributed by atoms with E-state index in [0.29, 0.717) is 13.1 Å². The highest BCUT2D eigenvalue weighted by Gasteiger charge is 2.41. The van der Waals surface area contributed by atoms with Gasteiger partial charge in [-0.15, -0.1) is 5.10 Å². The standard InChI is InChI=1S/C18H21ClFN5O3S/c19-15-5-1-2-6-17(15)29(27,28)25-10-13(20)9-14(25)11-24-12-16(21-22-24)18(26)23-7-3-4-8-23/h1-2,5-6,12-14H,3-4,7-11H2/t13-,14-/m0/s1. The number of rotatable bonds is 5. The van der Waals surface area contributed by atoms with Gasteiger partial charge in [-0.25, -0.2) is 12.8 Å². The van der Waals surface area contributed by atoms with Crippen molar-refractivity contribution >= 4 is 27.5 Å². The monoisotopic (exact) mass is 441 g/mol. The number of carbonyl (C=O) groups is 1. The van der Waals surface area contributed by atoms with Crippen molar-refractivity contribution in [3.05, 3.63) is 41.2 Å². The number of sulfonamides is 1. The van der Waals surface area contributed by atoms with Crippen LogP contribution in [0.15, 0.2) is 35.4 Å². The van der Waals surface area contributed by atoms with Gasteiger partial charge in [0.1, 0.15) is 11.1 Å². The molecule has 1 amide bonds. The number of carbonyl (C=O) groups excluding carboxylic acids is 1. The molecule has 1 aromatic heterocycles. The summed E-state index contributed by atoms with van der Waals surface area (Å²) < 4.78 is 42.8. The SMILES string of the molecule is O=C(c1cn(C[C@@H]2C[C@H](F)CN2S(=O)(=O)c2ccccc2Cl)nn1)N1CCCC1. The van der Waals surface area contributed by atoms with E-state index in [1.54, 1.807) is 17.0 Å². The maximum atomic E-state index is 14.2. The minimum absolute atomic E-state index is 0.0406. The fourth-order valence-corrected chi connectivity index (χ4v) is 6.00. The van der Waals surface area contributed by atoms with Crippen molar-refractivity contribution in [1.29, 1.82) is 0 Å². The van der Waals surface area contributed by atoms with Crippen LogP contribution in [0.5, 0.6) is 0 Å². The predicted molar refractivity (Wildman–Crippen MR) is 104 cm³/mol. The zero-order chi connectivity index (χ0) is 20.6. The van der Waals surface area contributed by atoms with Crippen LogP contribution in [0, 0.1) is 0 Å². The molecule has 2 aliphatic rings. The van der Waals surface area contributed by atoms with E-state index in [4.69, 9.17) is 11.6 Å². The summed E-state index contributed by atoms with van der Waals surface area (Å²) in [6.07, 6.45) is 2.18. The molecule has 29 heavy (non-hydrogen) atoms. The van der Waals surface area contributed by atoms with Gasteiger partial charge in [0.2, 0.25) is 10.0 Å². The third kappa shape index (κ3) is 4.01. The molecule has 8 nitrogen and oxygen atoms in total. The Hall–Kier alpha value is -2.04. The molecular weight excluding hydrogens is 421 g/mol. The highest BCUT2D eigenvalue weighted by atomic mass is 35.5. The first-order valence-electron chi connectivity index (χ1n) is 9.46. The van der Waals surface area contributed by atoms with Gasteiger partial charge >= 0.3 is 0 Å². The molecule has 0 radical (unpaired) electrons. The summed E-state index contributed by atoms with van der Waals surface area (Å²) in [5.74, 6) is -0.191. The van der Waals surface area contributed by atoms with Gasteiger partial charge in [-0.2, -0.15) is 4.31 Å². The Labute approximate surface area is 173 Å². The van der Waals surface area contributed by atoms with Gasteiger partial charge < -0.3 is 4.90 Å². The molecule has 3 heterocycles. The molecule has 4 rings (SSSR count). The first-order chi connectivity index (χ1) is 13.9. The molecule has 2 aromatic rings. The number of alkyl halides is 1. The van der Waals surface area contributed by atoms with Crippen LogP contribution in [-0.4, -0.2) is 70.4 Å². The van der Waals surface area contributed by atoms with E-state index in [1.165, 1.54) is 23.0 Å². The molecule has 2 atom stereocenters. The van der Waals surface area contributed by atoms with Gasteiger partial charge in [-0.05, 0) is 31.4 Å². The first kappa shape index (κ1) is 20.2. The lowest BCUT2D eigenvalue weighted by atomic mass is 10.2. The molecule has 0 bridgehead atoms. The van der Waals surface area contributed by atoms with Crippen LogP contribution in [-0.2, 0) is 16.6 Å². The zero-order valence-electron chi connectivity index (χ0n) is 15.6. The lowest BCUT2D eigenvalue weighted by molar-refractivity contribution is 0.0787. The summed E-state index contributed by atoms with van der Waals surface area (Å²) in [7, 11) is -3.97. The van der Waals surface area contributed by atoms with E-state index in [9.17, 15) is 17.6 Å². The number of likely N-dealkylation sites (tertiary alicyclic amines) is 1. The van der Waals surface area contributed by atoms with Crippen molar-refractivity contribution in [1.82, 2.24) is 24.2 Å². The van der Waals surface area contributed by atoms with E-state index in [-0.39, 0.29) is 41.0 Å². The number of hydrogen-bond donors (Lipinski definition) is 0. The number of amides is 1. The van der Waals surface area contributed by atoms with Gasteiger partial charge in [-0.3, -0.25) is 9.48 Å². The Balaban J connectivity index is 1.53. The highest BCUT2D eigenvalue weighted by molar-refractivity contribution is 7.89. The average Bonchev–Trinajstić information content (AvgIpc) is 3.43.